The van der Waals surface area contributed by atoms with Gasteiger partial charge in [0.25, 0.3) is 11.8 Å². The van der Waals surface area contributed by atoms with Gasteiger partial charge in [0.1, 0.15) is 12.4 Å². The van der Waals surface area contributed by atoms with Crippen molar-refractivity contribution in [3.05, 3.63) is 76.2 Å². The van der Waals surface area contributed by atoms with E-state index in [4.69, 9.17) is 4.74 Å². The van der Waals surface area contributed by atoms with Crippen LogP contribution in [0.25, 0.3) is 0 Å². The second-order valence-corrected chi connectivity index (χ2v) is 7.30. The summed E-state index contributed by atoms with van der Waals surface area (Å²) in [5.41, 5.74) is 4.18. The molecule has 142 valence electrons. The van der Waals surface area contributed by atoms with Crippen molar-refractivity contribution in [3.63, 3.8) is 0 Å². The number of amides is 2. The van der Waals surface area contributed by atoms with Crippen molar-refractivity contribution in [2.75, 3.05) is 5.32 Å². The molecule has 0 spiro atoms. The van der Waals surface area contributed by atoms with Gasteiger partial charge in [-0.15, -0.1) is 11.3 Å². The van der Waals surface area contributed by atoms with Gasteiger partial charge in [0.05, 0.1) is 11.2 Å². The maximum atomic E-state index is 12.6. The topological polar surface area (TPSA) is 80.3 Å². The summed E-state index contributed by atoms with van der Waals surface area (Å²) in [5, 5.41) is 7.70. The predicted molar refractivity (Wildman–Crippen MR) is 108 cm³/mol. The smallest absolute Gasteiger partial charge is 0.255 e. The van der Waals surface area contributed by atoms with E-state index in [0.717, 1.165) is 18.5 Å². The summed E-state index contributed by atoms with van der Waals surface area (Å²) in [4.78, 5) is 28.9. The van der Waals surface area contributed by atoms with E-state index in [1.165, 1.54) is 11.3 Å². The van der Waals surface area contributed by atoms with E-state index in [9.17, 15) is 9.59 Å². The first kappa shape index (κ1) is 18.2. The first-order chi connectivity index (χ1) is 13.7. The molecule has 0 bridgehead atoms. The number of carbonyl (C=O) groups excluding carboxylic acids is 2. The number of nitrogens with zero attached hydrogens (tertiary/aromatic N) is 1. The number of rotatable bonds is 7. The maximum absolute atomic E-state index is 12.6. The third-order valence-electron chi connectivity index (χ3n) is 4.26. The molecule has 1 heterocycles. The molecule has 6 nitrogen and oxygen atoms in total. The number of thiazole rings is 1. The molecule has 2 amide bonds. The van der Waals surface area contributed by atoms with Crippen LogP contribution in [0.2, 0.25) is 0 Å². The first-order valence-corrected chi connectivity index (χ1v) is 9.94. The number of nitrogens with one attached hydrogen (secondary N) is 2. The zero-order valence-electron chi connectivity index (χ0n) is 15.1. The molecule has 1 saturated carbocycles. The summed E-state index contributed by atoms with van der Waals surface area (Å²) >= 11 is 1.51. The molecule has 3 aromatic rings. The molecular weight excluding hydrogens is 374 g/mol. The molecule has 2 aromatic carbocycles. The fourth-order valence-corrected chi connectivity index (χ4v) is 3.17. The van der Waals surface area contributed by atoms with E-state index >= 15 is 0 Å². The Hall–Kier alpha value is -3.19. The van der Waals surface area contributed by atoms with Crippen molar-refractivity contribution in [2.45, 2.75) is 25.5 Å². The van der Waals surface area contributed by atoms with Gasteiger partial charge in [-0.25, -0.2) is 4.98 Å². The fraction of sp³-hybridized carbons (Fsp3) is 0.190. The standard InChI is InChI=1S/C21H19N3O3S/c25-20(23-16-7-8-16)14-3-1-5-17(9-14)24-21(26)15-4-2-6-19(10-15)27-11-18-12-28-13-22-18/h1-6,9-10,12-13,16H,7-8,11H2,(H,23,25)(H,24,26). The number of ether oxygens (including phenoxy) is 1. The van der Waals surface area contributed by atoms with Gasteiger partial charge in [0.15, 0.2) is 0 Å². The van der Waals surface area contributed by atoms with Crippen LogP contribution < -0.4 is 15.4 Å². The highest BCUT2D eigenvalue weighted by atomic mass is 32.1. The summed E-state index contributed by atoms with van der Waals surface area (Å²) in [6.07, 6.45) is 2.06. The van der Waals surface area contributed by atoms with Crippen LogP contribution in [0.1, 0.15) is 39.3 Å². The highest BCUT2D eigenvalue weighted by Gasteiger charge is 2.23. The fourth-order valence-electron chi connectivity index (χ4n) is 2.63. The van der Waals surface area contributed by atoms with Gasteiger partial charge in [-0.1, -0.05) is 12.1 Å². The molecule has 4 rings (SSSR count). The molecule has 0 saturated heterocycles. The van der Waals surface area contributed by atoms with Crippen LogP contribution in [-0.2, 0) is 6.61 Å². The molecule has 2 N–H and O–H groups in total. The third kappa shape index (κ3) is 4.75. The van der Waals surface area contributed by atoms with Crippen LogP contribution >= 0.6 is 11.3 Å². The summed E-state index contributed by atoms with van der Waals surface area (Å²) in [6, 6.07) is 14.2. The predicted octanol–water partition coefficient (Wildman–Crippen LogP) is 3.87. The average Bonchev–Trinajstić information content (AvgIpc) is 3.37. The van der Waals surface area contributed by atoms with Gasteiger partial charge in [0.2, 0.25) is 0 Å². The molecule has 7 heteroatoms. The highest BCUT2D eigenvalue weighted by molar-refractivity contribution is 7.07. The number of hydrogen-bond donors (Lipinski definition) is 2. The number of aromatic nitrogens is 1. The van der Waals surface area contributed by atoms with Gasteiger partial charge in [-0.05, 0) is 49.2 Å². The Kier molecular flexibility index (Phi) is 5.34. The van der Waals surface area contributed by atoms with Crippen LogP contribution in [0.3, 0.4) is 0 Å². The van der Waals surface area contributed by atoms with Gasteiger partial charge in [-0.3, -0.25) is 9.59 Å². The van der Waals surface area contributed by atoms with Crippen molar-refractivity contribution in [1.29, 1.82) is 0 Å². The quantitative estimate of drug-likeness (QED) is 0.639. The van der Waals surface area contributed by atoms with E-state index in [1.807, 2.05) is 5.38 Å². The Morgan fingerprint density at radius 3 is 2.61 bits per heavy atom. The van der Waals surface area contributed by atoms with E-state index in [0.29, 0.717) is 29.2 Å². The Balaban J connectivity index is 1.40. The molecule has 0 atom stereocenters. The minimum absolute atomic E-state index is 0.115. The monoisotopic (exact) mass is 393 g/mol. The Morgan fingerprint density at radius 1 is 1.07 bits per heavy atom. The minimum atomic E-state index is -0.265. The molecule has 1 aliphatic carbocycles. The van der Waals surface area contributed by atoms with Crippen LogP contribution in [0.15, 0.2) is 59.4 Å². The zero-order valence-corrected chi connectivity index (χ0v) is 15.9. The van der Waals surface area contributed by atoms with Crippen molar-refractivity contribution in [2.24, 2.45) is 0 Å². The lowest BCUT2D eigenvalue weighted by atomic mass is 10.1. The number of anilines is 1. The molecule has 1 fully saturated rings. The van der Waals surface area contributed by atoms with E-state index in [1.54, 1.807) is 54.0 Å². The lowest BCUT2D eigenvalue weighted by molar-refractivity contribution is 0.0949. The van der Waals surface area contributed by atoms with Crippen molar-refractivity contribution in [3.8, 4) is 5.75 Å². The average molecular weight is 393 g/mol. The largest absolute Gasteiger partial charge is 0.487 e. The normalized spacial score (nSPS) is 13.0. The van der Waals surface area contributed by atoms with Gasteiger partial charge in [-0.2, -0.15) is 0 Å². The van der Waals surface area contributed by atoms with Gasteiger partial charge < -0.3 is 15.4 Å². The highest BCUT2D eigenvalue weighted by Crippen LogP contribution is 2.21. The van der Waals surface area contributed by atoms with Crippen LogP contribution in [0.4, 0.5) is 5.69 Å². The number of carbonyl (C=O) groups is 2. The van der Waals surface area contributed by atoms with E-state index in [-0.39, 0.29) is 17.9 Å². The van der Waals surface area contributed by atoms with E-state index in [2.05, 4.69) is 15.6 Å². The summed E-state index contributed by atoms with van der Waals surface area (Å²) in [5.74, 6) is 0.216. The Labute approximate surface area is 166 Å². The zero-order chi connectivity index (χ0) is 19.3. The molecule has 1 aromatic heterocycles. The lowest BCUT2D eigenvalue weighted by Gasteiger charge is -2.09. The molecule has 1 aliphatic rings. The van der Waals surface area contributed by atoms with Crippen LogP contribution in [0.5, 0.6) is 5.75 Å². The summed E-state index contributed by atoms with van der Waals surface area (Å²) in [6.45, 7) is 0.354. The molecule has 0 radical (unpaired) electrons. The SMILES string of the molecule is O=C(Nc1cccc(C(=O)NC2CC2)c1)c1cccc(OCc2cscn2)c1. The molecule has 0 unspecified atom stereocenters. The van der Waals surface area contributed by atoms with Gasteiger partial charge in [0, 0.05) is 28.2 Å². The second kappa shape index (κ2) is 8.22. The van der Waals surface area contributed by atoms with Gasteiger partial charge >= 0.3 is 0 Å². The molecule has 0 aliphatic heterocycles. The van der Waals surface area contributed by atoms with E-state index < -0.39 is 0 Å². The maximum Gasteiger partial charge on any atom is 0.255 e. The Bertz CT molecular complexity index is 984. The van der Waals surface area contributed by atoms with Crippen LogP contribution in [-0.4, -0.2) is 22.8 Å². The second-order valence-electron chi connectivity index (χ2n) is 6.58. The Morgan fingerprint density at radius 2 is 1.86 bits per heavy atom. The molecule has 28 heavy (non-hydrogen) atoms. The number of hydrogen-bond acceptors (Lipinski definition) is 5. The van der Waals surface area contributed by atoms with Crippen molar-refractivity contribution < 1.29 is 14.3 Å². The summed E-state index contributed by atoms with van der Waals surface area (Å²) in [7, 11) is 0. The first-order valence-electron chi connectivity index (χ1n) is 8.99. The lowest BCUT2D eigenvalue weighted by Crippen LogP contribution is -2.25. The molecular formula is C21H19N3O3S. The number of benzene rings is 2. The minimum Gasteiger partial charge on any atom is -0.487 e. The van der Waals surface area contributed by atoms with Crippen LogP contribution in [0, 0.1) is 0 Å². The third-order valence-corrected chi connectivity index (χ3v) is 4.90. The summed E-state index contributed by atoms with van der Waals surface area (Å²) < 4.78 is 5.70. The van der Waals surface area contributed by atoms with Crippen molar-refractivity contribution >= 4 is 28.8 Å². The van der Waals surface area contributed by atoms with Crippen molar-refractivity contribution in [1.82, 2.24) is 10.3 Å².